The molecule has 0 bridgehead atoms. The number of rotatable bonds is 11. The molecule has 0 aliphatic carbocycles. The number of H-pyrrole nitrogens is 1. The highest BCUT2D eigenvalue weighted by atomic mass is 16.5. The van der Waals surface area contributed by atoms with E-state index in [1.165, 1.54) is 0 Å². The third-order valence-electron chi connectivity index (χ3n) is 4.18. The second kappa shape index (κ2) is 10.5. The fourth-order valence-electron chi connectivity index (χ4n) is 2.81. The molecule has 3 aromatic heterocycles. The summed E-state index contributed by atoms with van der Waals surface area (Å²) in [6.07, 6.45) is 6.35. The highest BCUT2D eigenvalue weighted by Crippen LogP contribution is 2.10. The van der Waals surface area contributed by atoms with E-state index in [9.17, 15) is 4.79 Å². The van der Waals surface area contributed by atoms with E-state index >= 15 is 0 Å². The van der Waals surface area contributed by atoms with Gasteiger partial charge >= 0.3 is 0 Å². The van der Waals surface area contributed by atoms with Gasteiger partial charge < -0.3 is 19.4 Å². The van der Waals surface area contributed by atoms with Crippen molar-refractivity contribution in [3.8, 4) is 0 Å². The summed E-state index contributed by atoms with van der Waals surface area (Å²) in [7, 11) is 4.00. The number of aromatic nitrogens is 3. The quantitative estimate of drug-likeness (QED) is 0.480. The molecule has 0 aliphatic heterocycles. The van der Waals surface area contributed by atoms with Crippen molar-refractivity contribution in [2.75, 3.05) is 32.6 Å². The molecule has 0 fully saturated rings. The second-order valence-electron chi connectivity index (χ2n) is 7.06. The standard InChI is InChI=1S/C21H27N5O3/c1-26(2)14-18-6-7-19(29-18)15-28-10-4-9-23-21-24-13-17(20(27)25-21)11-16-5-3-8-22-12-16/h3,5-8,12-13H,4,9-11,14-15H2,1-2H3,(H2,23,24,25,27). The van der Waals surface area contributed by atoms with Gasteiger partial charge in [0.15, 0.2) is 0 Å². The maximum atomic E-state index is 12.2. The number of pyridine rings is 1. The third-order valence-corrected chi connectivity index (χ3v) is 4.18. The van der Waals surface area contributed by atoms with Crippen LogP contribution in [0.25, 0.3) is 0 Å². The molecule has 0 aliphatic rings. The number of aromatic amines is 1. The number of nitrogens with zero attached hydrogens (tertiary/aromatic N) is 3. The lowest BCUT2D eigenvalue weighted by molar-refractivity contribution is 0.104. The molecule has 3 heterocycles. The summed E-state index contributed by atoms with van der Waals surface area (Å²) in [5.41, 5.74) is 1.44. The van der Waals surface area contributed by atoms with Gasteiger partial charge in [-0.2, -0.15) is 0 Å². The summed E-state index contributed by atoms with van der Waals surface area (Å²) in [4.78, 5) is 25.4. The lowest BCUT2D eigenvalue weighted by atomic mass is 10.1. The van der Waals surface area contributed by atoms with E-state index in [1.807, 2.05) is 38.4 Å². The predicted molar refractivity (Wildman–Crippen MR) is 111 cm³/mol. The normalized spacial score (nSPS) is 11.1. The molecule has 0 saturated carbocycles. The molecule has 0 spiro atoms. The average molecular weight is 397 g/mol. The molecule has 0 atom stereocenters. The Bertz CT molecular complexity index is 937. The van der Waals surface area contributed by atoms with Crippen molar-refractivity contribution < 1.29 is 9.15 Å². The van der Waals surface area contributed by atoms with Crippen LogP contribution in [0.3, 0.4) is 0 Å². The fraction of sp³-hybridized carbons (Fsp3) is 0.381. The van der Waals surface area contributed by atoms with Gasteiger partial charge in [-0.3, -0.25) is 14.8 Å². The highest BCUT2D eigenvalue weighted by molar-refractivity contribution is 5.27. The first-order valence-corrected chi connectivity index (χ1v) is 9.61. The molecule has 0 radical (unpaired) electrons. The first-order valence-electron chi connectivity index (χ1n) is 9.61. The lowest BCUT2D eigenvalue weighted by Gasteiger charge is -2.07. The minimum Gasteiger partial charge on any atom is -0.462 e. The highest BCUT2D eigenvalue weighted by Gasteiger charge is 2.05. The minimum absolute atomic E-state index is 0.144. The summed E-state index contributed by atoms with van der Waals surface area (Å²) < 4.78 is 11.3. The van der Waals surface area contributed by atoms with Crippen molar-refractivity contribution >= 4 is 5.95 Å². The zero-order valence-electron chi connectivity index (χ0n) is 16.9. The predicted octanol–water partition coefficient (Wildman–Crippen LogP) is 2.43. The number of hydrogen-bond donors (Lipinski definition) is 2. The average Bonchev–Trinajstić information content (AvgIpc) is 3.14. The minimum atomic E-state index is -0.144. The Kier molecular flexibility index (Phi) is 7.54. The van der Waals surface area contributed by atoms with Gasteiger partial charge in [0.25, 0.3) is 5.56 Å². The smallest absolute Gasteiger partial charge is 0.255 e. The molecule has 0 unspecified atom stereocenters. The Morgan fingerprint density at radius 2 is 2.07 bits per heavy atom. The molecule has 0 aromatic carbocycles. The molecule has 8 nitrogen and oxygen atoms in total. The molecular weight excluding hydrogens is 370 g/mol. The van der Waals surface area contributed by atoms with Crippen LogP contribution in [-0.4, -0.2) is 47.1 Å². The van der Waals surface area contributed by atoms with E-state index < -0.39 is 0 Å². The molecule has 3 rings (SSSR count). The van der Waals surface area contributed by atoms with Crippen molar-refractivity contribution in [2.24, 2.45) is 0 Å². The van der Waals surface area contributed by atoms with Gasteiger partial charge in [-0.05, 0) is 44.3 Å². The van der Waals surface area contributed by atoms with E-state index in [0.717, 1.165) is 30.0 Å². The van der Waals surface area contributed by atoms with Gasteiger partial charge in [0.1, 0.15) is 18.1 Å². The molecule has 154 valence electrons. The van der Waals surface area contributed by atoms with E-state index in [1.54, 1.807) is 18.6 Å². The third kappa shape index (κ3) is 6.85. The van der Waals surface area contributed by atoms with Crippen LogP contribution >= 0.6 is 0 Å². The van der Waals surface area contributed by atoms with Crippen LogP contribution in [0.1, 0.15) is 29.1 Å². The van der Waals surface area contributed by atoms with E-state index in [4.69, 9.17) is 9.15 Å². The summed E-state index contributed by atoms with van der Waals surface area (Å²) in [5, 5.41) is 3.11. The van der Waals surface area contributed by atoms with Crippen LogP contribution in [0.2, 0.25) is 0 Å². The summed E-state index contributed by atoms with van der Waals surface area (Å²) in [6, 6.07) is 7.70. The molecule has 0 saturated heterocycles. The number of anilines is 1. The Balaban J connectivity index is 1.36. The molecule has 29 heavy (non-hydrogen) atoms. The van der Waals surface area contributed by atoms with Crippen molar-refractivity contribution in [1.82, 2.24) is 19.9 Å². The van der Waals surface area contributed by atoms with Gasteiger partial charge in [-0.15, -0.1) is 0 Å². The van der Waals surface area contributed by atoms with Crippen LogP contribution in [-0.2, 0) is 24.3 Å². The van der Waals surface area contributed by atoms with Crippen molar-refractivity contribution in [2.45, 2.75) is 26.0 Å². The zero-order chi connectivity index (χ0) is 20.5. The van der Waals surface area contributed by atoms with Gasteiger partial charge in [0, 0.05) is 43.7 Å². The van der Waals surface area contributed by atoms with Gasteiger partial charge in [-0.1, -0.05) is 6.07 Å². The molecule has 3 aromatic rings. The SMILES string of the molecule is CN(C)Cc1ccc(COCCCNc2ncc(Cc3cccnc3)c(=O)[nH]2)o1. The van der Waals surface area contributed by atoms with Crippen molar-refractivity contribution in [3.63, 3.8) is 0 Å². The van der Waals surface area contributed by atoms with E-state index in [0.29, 0.717) is 37.7 Å². The molecule has 0 amide bonds. The summed E-state index contributed by atoms with van der Waals surface area (Å²) in [6.45, 7) is 2.46. The number of hydrogen-bond acceptors (Lipinski definition) is 7. The molecule has 8 heteroatoms. The Labute approximate surface area is 170 Å². The van der Waals surface area contributed by atoms with Crippen molar-refractivity contribution in [3.05, 3.63) is 75.9 Å². The lowest BCUT2D eigenvalue weighted by Crippen LogP contribution is -2.18. The molecule has 2 N–H and O–H groups in total. The zero-order valence-corrected chi connectivity index (χ0v) is 16.9. The number of furan rings is 1. The van der Waals surface area contributed by atoms with E-state index in [2.05, 4.69) is 25.2 Å². The van der Waals surface area contributed by atoms with Gasteiger partial charge in [0.2, 0.25) is 5.95 Å². The Morgan fingerprint density at radius 3 is 2.83 bits per heavy atom. The van der Waals surface area contributed by atoms with Crippen LogP contribution < -0.4 is 10.9 Å². The maximum Gasteiger partial charge on any atom is 0.255 e. The first-order chi connectivity index (χ1) is 14.1. The van der Waals surface area contributed by atoms with Gasteiger partial charge in [-0.25, -0.2) is 4.98 Å². The first kappa shape index (κ1) is 20.8. The topological polar surface area (TPSA) is 96.3 Å². The summed E-state index contributed by atoms with van der Waals surface area (Å²) >= 11 is 0. The van der Waals surface area contributed by atoms with E-state index in [-0.39, 0.29) is 5.56 Å². The number of ether oxygens (including phenoxy) is 1. The molecular formula is C21H27N5O3. The maximum absolute atomic E-state index is 12.2. The monoisotopic (exact) mass is 397 g/mol. The van der Waals surface area contributed by atoms with Gasteiger partial charge in [0.05, 0.1) is 6.54 Å². The summed E-state index contributed by atoms with van der Waals surface area (Å²) in [5.74, 6) is 2.21. The largest absolute Gasteiger partial charge is 0.462 e. The van der Waals surface area contributed by atoms with Crippen LogP contribution in [0.5, 0.6) is 0 Å². The van der Waals surface area contributed by atoms with Crippen LogP contribution in [0.4, 0.5) is 5.95 Å². The Morgan fingerprint density at radius 1 is 1.21 bits per heavy atom. The second-order valence-corrected chi connectivity index (χ2v) is 7.06. The van der Waals surface area contributed by atoms with Crippen LogP contribution in [0.15, 0.2) is 52.1 Å². The number of nitrogens with one attached hydrogen (secondary N) is 2. The van der Waals surface area contributed by atoms with Crippen molar-refractivity contribution in [1.29, 1.82) is 0 Å². The van der Waals surface area contributed by atoms with Crippen LogP contribution in [0, 0.1) is 0 Å². The fourth-order valence-corrected chi connectivity index (χ4v) is 2.81. The Hall–Kier alpha value is -2.97.